The zero-order valence-corrected chi connectivity index (χ0v) is 8.15. The largest absolute Gasteiger partial charge is 0.411 e. The van der Waals surface area contributed by atoms with Crippen LogP contribution in [0.1, 0.15) is 0 Å². The molecule has 2 rings (SSSR count). The lowest BCUT2D eigenvalue weighted by Gasteiger charge is -1.93. The third-order valence-electron chi connectivity index (χ3n) is 1.76. The van der Waals surface area contributed by atoms with Gasteiger partial charge in [-0.05, 0) is 12.1 Å². The van der Waals surface area contributed by atoms with Crippen LogP contribution in [0.4, 0.5) is 0 Å². The highest BCUT2D eigenvalue weighted by Crippen LogP contribution is 2.18. The van der Waals surface area contributed by atoms with Gasteiger partial charge in [-0.25, -0.2) is 8.99 Å². The molecule has 74 valence electrons. The van der Waals surface area contributed by atoms with E-state index in [0.717, 1.165) is 0 Å². The molecule has 6 nitrogen and oxygen atoms in total. The van der Waals surface area contributed by atoms with Crippen molar-refractivity contribution >= 4 is 20.8 Å². The molecule has 2 heterocycles. The van der Waals surface area contributed by atoms with Crippen molar-refractivity contribution in [3.05, 3.63) is 18.3 Å². The topological polar surface area (TPSA) is 91.9 Å². The van der Waals surface area contributed by atoms with Crippen molar-refractivity contribution in [2.75, 3.05) is 6.26 Å². The summed E-state index contributed by atoms with van der Waals surface area (Å²) in [5, 5.41) is 12.9. The van der Waals surface area contributed by atoms with E-state index >= 15 is 0 Å². The average molecular weight is 212 g/mol. The summed E-state index contributed by atoms with van der Waals surface area (Å²) < 4.78 is 18.8. The molecule has 0 aliphatic heterocycles. The summed E-state index contributed by atoms with van der Waals surface area (Å²) >= 11 is 0. The average Bonchev–Trinajstić information content (AvgIpc) is 2.44. The Kier molecular flexibility index (Phi) is 1.71. The van der Waals surface area contributed by atoms with Crippen LogP contribution in [0.2, 0.25) is 0 Å². The van der Waals surface area contributed by atoms with E-state index in [1.54, 1.807) is 12.1 Å². The summed E-state index contributed by atoms with van der Waals surface area (Å²) in [6, 6.07) is 3.21. The van der Waals surface area contributed by atoms with Crippen molar-refractivity contribution in [2.45, 2.75) is 5.03 Å². The summed E-state index contributed by atoms with van der Waals surface area (Å²) in [6.45, 7) is 0. The standard InChI is InChI=1S/C7H8N4O2S/c1-14(8,13)7-6-5(11(12)10-7)3-2-4-9-6/h2-4,8,12H,1H3. The smallest absolute Gasteiger partial charge is 0.187 e. The van der Waals surface area contributed by atoms with Gasteiger partial charge in [0.1, 0.15) is 11.0 Å². The minimum absolute atomic E-state index is 0.00981. The Bertz CT molecular complexity index is 587. The molecule has 0 fully saturated rings. The van der Waals surface area contributed by atoms with Crippen molar-refractivity contribution in [3.8, 4) is 0 Å². The Morgan fingerprint density at radius 3 is 3.00 bits per heavy atom. The molecule has 0 spiro atoms. The molecule has 7 heteroatoms. The number of nitrogens with one attached hydrogen (secondary N) is 1. The lowest BCUT2D eigenvalue weighted by Crippen LogP contribution is -1.98. The highest BCUT2D eigenvalue weighted by atomic mass is 32.2. The van der Waals surface area contributed by atoms with Gasteiger partial charge in [-0.3, -0.25) is 4.98 Å². The van der Waals surface area contributed by atoms with Gasteiger partial charge in [0.2, 0.25) is 0 Å². The van der Waals surface area contributed by atoms with Crippen LogP contribution in [-0.4, -0.2) is 30.6 Å². The van der Waals surface area contributed by atoms with Crippen LogP contribution in [0.5, 0.6) is 0 Å². The molecule has 2 aromatic heterocycles. The fourth-order valence-corrected chi connectivity index (χ4v) is 1.93. The highest BCUT2D eigenvalue weighted by Gasteiger charge is 2.16. The van der Waals surface area contributed by atoms with Crippen LogP contribution in [0.3, 0.4) is 0 Å². The van der Waals surface area contributed by atoms with Gasteiger partial charge in [0.15, 0.2) is 5.03 Å². The van der Waals surface area contributed by atoms with Crippen LogP contribution in [0.25, 0.3) is 11.0 Å². The van der Waals surface area contributed by atoms with Gasteiger partial charge < -0.3 is 5.21 Å². The molecular formula is C7H8N4O2S. The van der Waals surface area contributed by atoms with Crippen LogP contribution in [0, 0.1) is 4.78 Å². The lowest BCUT2D eigenvalue weighted by atomic mass is 10.4. The van der Waals surface area contributed by atoms with E-state index in [-0.39, 0.29) is 5.03 Å². The van der Waals surface area contributed by atoms with Crippen molar-refractivity contribution < 1.29 is 9.42 Å². The van der Waals surface area contributed by atoms with E-state index in [1.807, 2.05) is 0 Å². The predicted molar refractivity (Wildman–Crippen MR) is 49.8 cm³/mol. The molecule has 14 heavy (non-hydrogen) atoms. The van der Waals surface area contributed by atoms with Gasteiger partial charge in [0.25, 0.3) is 0 Å². The lowest BCUT2D eigenvalue weighted by molar-refractivity contribution is 0.157. The van der Waals surface area contributed by atoms with Crippen molar-refractivity contribution in [3.63, 3.8) is 0 Å². The van der Waals surface area contributed by atoms with E-state index in [4.69, 9.17) is 4.78 Å². The first-order valence-electron chi connectivity index (χ1n) is 3.77. The number of nitrogens with zero attached hydrogens (tertiary/aromatic N) is 3. The first kappa shape index (κ1) is 8.95. The van der Waals surface area contributed by atoms with Crippen molar-refractivity contribution in [2.24, 2.45) is 0 Å². The van der Waals surface area contributed by atoms with Gasteiger partial charge in [-0.2, -0.15) is 0 Å². The van der Waals surface area contributed by atoms with E-state index in [1.165, 1.54) is 12.5 Å². The Morgan fingerprint density at radius 2 is 2.36 bits per heavy atom. The van der Waals surface area contributed by atoms with E-state index in [2.05, 4.69) is 10.1 Å². The first-order valence-corrected chi connectivity index (χ1v) is 5.73. The maximum atomic E-state index is 11.5. The number of hydrogen-bond donors (Lipinski definition) is 2. The second-order valence-electron chi connectivity index (χ2n) is 2.91. The number of fused-ring (bicyclic) bond motifs is 1. The Labute approximate surface area is 80.1 Å². The molecule has 0 aliphatic carbocycles. The van der Waals surface area contributed by atoms with Crippen LogP contribution < -0.4 is 0 Å². The molecule has 1 atom stereocenters. The second kappa shape index (κ2) is 2.68. The van der Waals surface area contributed by atoms with Crippen LogP contribution in [0.15, 0.2) is 23.4 Å². The van der Waals surface area contributed by atoms with Crippen molar-refractivity contribution in [1.82, 2.24) is 14.9 Å². The summed E-state index contributed by atoms with van der Waals surface area (Å²) in [5.74, 6) is 0. The second-order valence-corrected chi connectivity index (χ2v) is 4.98. The zero-order valence-electron chi connectivity index (χ0n) is 7.34. The van der Waals surface area contributed by atoms with Gasteiger partial charge in [-0.1, -0.05) is 4.85 Å². The van der Waals surface area contributed by atoms with E-state index in [0.29, 0.717) is 15.9 Å². The minimum Gasteiger partial charge on any atom is -0.411 e. The molecule has 0 aromatic carbocycles. The number of pyridine rings is 1. The maximum absolute atomic E-state index is 11.5. The molecular weight excluding hydrogens is 204 g/mol. The third-order valence-corrected chi connectivity index (χ3v) is 2.77. The maximum Gasteiger partial charge on any atom is 0.187 e. The van der Waals surface area contributed by atoms with Crippen LogP contribution in [-0.2, 0) is 9.73 Å². The summed E-state index contributed by atoms with van der Waals surface area (Å²) in [7, 11) is -2.96. The van der Waals surface area contributed by atoms with Gasteiger partial charge in [0.05, 0.1) is 9.73 Å². The Balaban J connectivity index is 2.93. The number of aromatic nitrogens is 3. The Hall–Kier alpha value is -1.63. The number of hydrogen-bond acceptors (Lipinski definition) is 5. The highest BCUT2D eigenvalue weighted by molar-refractivity contribution is 7.91. The van der Waals surface area contributed by atoms with Gasteiger partial charge in [-0.15, -0.1) is 5.10 Å². The molecule has 2 aromatic rings. The molecule has 0 saturated carbocycles. The molecule has 2 N–H and O–H groups in total. The summed E-state index contributed by atoms with van der Waals surface area (Å²) in [6.07, 6.45) is 2.74. The Morgan fingerprint density at radius 1 is 1.64 bits per heavy atom. The van der Waals surface area contributed by atoms with Crippen LogP contribution >= 0.6 is 0 Å². The summed E-state index contributed by atoms with van der Waals surface area (Å²) in [4.78, 5) is 4.52. The quantitative estimate of drug-likeness (QED) is 0.681. The molecule has 0 radical (unpaired) electrons. The molecule has 0 bridgehead atoms. The first-order chi connectivity index (χ1) is 6.50. The molecule has 0 amide bonds. The molecule has 1 unspecified atom stereocenters. The number of rotatable bonds is 1. The predicted octanol–water partition coefficient (Wildman–Crippen LogP) is 0.704. The zero-order chi connectivity index (χ0) is 10.3. The molecule has 0 saturated heterocycles. The molecule has 0 aliphatic rings. The third kappa shape index (κ3) is 1.22. The SMILES string of the molecule is CS(=N)(=O)c1nn(O)c2cccnc12. The normalized spacial score (nSPS) is 15.5. The van der Waals surface area contributed by atoms with Gasteiger partial charge >= 0.3 is 0 Å². The minimum atomic E-state index is -2.96. The summed E-state index contributed by atoms with van der Waals surface area (Å²) in [5.41, 5.74) is 0.654. The van der Waals surface area contributed by atoms with E-state index < -0.39 is 9.73 Å². The van der Waals surface area contributed by atoms with E-state index in [9.17, 15) is 9.42 Å². The fraction of sp³-hybridized carbons (Fsp3) is 0.143. The van der Waals surface area contributed by atoms with Crippen molar-refractivity contribution in [1.29, 1.82) is 4.78 Å². The fourth-order valence-electron chi connectivity index (χ4n) is 1.17. The monoisotopic (exact) mass is 212 g/mol. The van der Waals surface area contributed by atoms with Gasteiger partial charge in [0, 0.05) is 12.5 Å².